The summed E-state index contributed by atoms with van der Waals surface area (Å²) in [5, 5.41) is 0. The monoisotopic (exact) mass is 294 g/mol. The number of benzene rings is 1. The van der Waals surface area contributed by atoms with Crippen molar-refractivity contribution in [2.24, 2.45) is 0 Å². The Balaban J connectivity index is 3.61. The van der Waals surface area contributed by atoms with E-state index >= 15 is 0 Å². The number of halogens is 3. The first-order chi connectivity index (χ1) is 8.39. The van der Waals surface area contributed by atoms with Gasteiger partial charge in [-0.15, -0.1) is 0 Å². The topological polar surface area (TPSA) is 34.1 Å². The molecule has 19 heavy (non-hydrogen) atoms. The molecule has 0 N–H and O–H groups in total. The molecule has 0 atom stereocenters. The van der Waals surface area contributed by atoms with E-state index < -0.39 is 27.0 Å². The Bertz CT molecular complexity index is 572. The summed E-state index contributed by atoms with van der Waals surface area (Å²) < 4.78 is 62.0. The van der Waals surface area contributed by atoms with Gasteiger partial charge in [-0.1, -0.05) is 26.8 Å². The smallest absolute Gasteiger partial charge is 0.224 e. The molecular weight excluding hydrogens is 277 g/mol. The van der Waals surface area contributed by atoms with Gasteiger partial charge in [0.15, 0.2) is 9.84 Å². The number of hydrogen-bond donors (Lipinski definition) is 0. The van der Waals surface area contributed by atoms with Gasteiger partial charge in [-0.3, -0.25) is 0 Å². The molecule has 0 aromatic heterocycles. The van der Waals surface area contributed by atoms with E-state index in [0.29, 0.717) is 6.42 Å². The molecular formula is C13H17F3O2S. The van der Waals surface area contributed by atoms with Crippen LogP contribution >= 0.6 is 0 Å². The van der Waals surface area contributed by atoms with Crippen LogP contribution in [0.15, 0.2) is 23.1 Å². The summed E-state index contributed by atoms with van der Waals surface area (Å²) in [5.41, 5.74) is -1.42. The predicted molar refractivity (Wildman–Crippen MR) is 67.9 cm³/mol. The van der Waals surface area contributed by atoms with Crippen molar-refractivity contribution in [3.05, 3.63) is 29.3 Å². The first kappa shape index (κ1) is 16.0. The standard InChI is InChI=1S/C13H17F3O2S/c1-5-12(2,3)10-7-6-9(19(4,17)18)8-11(10)13(14,15)16/h6-8H,5H2,1-4H3. The van der Waals surface area contributed by atoms with E-state index in [1.165, 1.54) is 12.1 Å². The van der Waals surface area contributed by atoms with E-state index in [9.17, 15) is 21.6 Å². The maximum atomic E-state index is 13.1. The highest BCUT2D eigenvalue weighted by Gasteiger charge is 2.37. The van der Waals surface area contributed by atoms with Crippen LogP contribution in [0.25, 0.3) is 0 Å². The summed E-state index contributed by atoms with van der Waals surface area (Å²) in [6.45, 7) is 5.21. The molecule has 1 aromatic carbocycles. The number of alkyl halides is 3. The molecule has 0 heterocycles. The molecule has 108 valence electrons. The molecule has 0 aliphatic rings. The zero-order chi connectivity index (χ0) is 15.1. The molecule has 0 spiro atoms. The maximum Gasteiger partial charge on any atom is 0.416 e. The van der Waals surface area contributed by atoms with Crippen molar-refractivity contribution in [3.63, 3.8) is 0 Å². The molecule has 0 unspecified atom stereocenters. The van der Waals surface area contributed by atoms with Crippen molar-refractivity contribution >= 4 is 9.84 Å². The largest absolute Gasteiger partial charge is 0.416 e. The minimum Gasteiger partial charge on any atom is -0.224 e. The lowest BCUT2D eigenvalue weighted by Gasteiger charge is -2.27. The fraction of sp³-hybridized carbons (Fsp3) is 0.538. The average molecular weight is 294 g/mol. The lowest BCUT2D eigenvalue weighted by molar-refractivity contribution is -0.138. The molecule has 0 aliphatic heterocycles. The van der Waals surface area contributed by atoms with Crippen LogP contribution in [-0.2, 0) is 21.4 Å². The molecule has 0 amide bonds. The lowest BCUT2D eigenvalue weighted by atomic mass is 9.79. The van der Waals surface area contributed by atoms with E-state index in [1.54, 1.807) is 20.8 Å². The maximum absolute atomic E-state index is 13.1. The van der Waals surface area contributed by atoms with Gasteiger partial charge in [-0.05, 0) is 29.5 Å². The lowest BCUT2D eigenvalue weighted by Crippen LogP contribution is -2.22. The quantitative estimate of drug-likeness (QED) is 0.850. The van der Waals surface area contributed by atoms with E-state index in [1.807, 2.05) is 0 Å². The van der Waals surface area contributed by atoms with E-state index in [0.717, 1.165) is 12.3 Å². The molecule has 0 saturated heterocycles. The van der Waals surface area contributed by atoms with E-state index in [2.05, 4.69) is 0 Å². The number of hydrogen-bond acceptors (Lipinski definition) is 2. The van der Waals surface area contributed by atoms with Crippen molar-refractivity contribution in [1.82, 2.24) is 0 Å². The minimum absolute atomic E-state index is 0.120. The van der Waals surface area contributed by atoms with Gasteiger partial charge in [-0.25, -0.2) is 8.42 Å². The van der Waals surface area contributed by atoms with E-state index in [4.69, 9.17) is 0 Å². The third kappa shape index (κ3) is 3.49. The van der Waals surface area contributed by atoms with Crippen LogP contribution in [-0.4, -0.2) is 14.7 Å². The summed E-state index contributed by atoms with van der Waals surface area (Å²) in [6.07, 6.45) is -3.15. The Labute approximate surface area is 111 Å². The molecule has 1 rings (SSSR count). The summed E-state index contributed by atoms with van der Waals surface area (Å²) >= 11 is 0. The predicted octanol–water partition coefficient (Wildman–Crippen LogP) is 3.80. The van der Waals surface area contributed by atoms with Gasteiger partial charge < -0.3 is 0 Å². The van der Waals surface area contributed by atoms with Crippen molar-refractivity contribution < 1.29 is 21.6 Å². The van der Waals surface area contributed by atoms with Crippen molar-refractivity contribution in [2.75, 3.05) is 6.26 Å². The van der Waals surface area contributed by atoms with Crippen LogP contribution in [0.3, 0.4) is 0 Å². The Morgan fingerprint density at radius 1 is 1.11 bits per heavy atom. The third-order valence-electron chi connectivity index (χ3n) is 3.34. The number of rotatable bonds is 3. The SMILES string of the molecule is CCC(C)(C)c1ccc(S(C)(=O)=O)cc1C(F)(F)F. The number of sulfone groups is 1. The van der Waals surface area contributed by atoms with Gasteiger partial charge in [0.2, 0.25) is 0 Å². The Morgan fingerprint density at radius 3 is 2.00 bits per heavy atom. The summed E-state index contributed by atoms with van der Waals surface area (Å²) in [6, 6.07) is 3.22. The van der Waals surface area contributed by atoms with Crippen molar-refractivity contribution in [3.8, 4) is 0 Å². The zero-order valence-electron chi connectivity index (χ0n) is 11.3. The van der Waals surface area contributed by atoms with Crippen LogP contribution in [0.4, 0.5) is 13.2 Å². The highest BCUT2D eigenvalue weighted by atomic mass is 32.2. The fourth-order valence-corrected chi connectivity index (χ4v) is 2.42. The summed E-state index contributed by atoms with van der Waals surface area (Å²) in [5.74, 6) is 0. The van der Waals surface area contributed by atoms with Gasteiger partial charge >= 0.3 is 6.18 Å². The van der Waals surface area contributed by atoms with Gasteiger partial charge in [0.25, 0.3) is 0 Å². The van der Waals surface area contributed by atoms with Crippen molar-refractivity contribution in [1.29, 1.82) is 0 Å². The molecule has 6 heteroatoms. The molecule has 0 aliphatic carbocycles. The average Bonchev–Trinajstić information content (AvgIpc) is 2.26. The molecule has 0 bridgehead atoms. The summed E-state index contributed by atoms with van der Waals surface area (Å²) in [4.78, 5) is -0.310. The minimum atomic E-state index is -4.57. The first-order valence-electron chi connectivity index (χ1n) is 5.81. The van der Waals surface area contributed by atoms with Crippen LogP contribution in [0.5, 0.6) is 0 Å². The Kier molecular flexibility index (Phi) is 4.06. The van der Waals surface area contributed by atoms with Crippen molar-refractivity contribution in [2.45, 2.75) is 43.7 Å². The highest BCUT2D eigenvalue weighted by molar-refractivity contribution is 7.90. The second kappa shape index (κ2) is 4.81. The second-order valence-electron chi connectivity index (χ2n) is 5.21. The Hall–Kier alpha value is -1.04. The van der Waals surface area contributed by atoms with Crippen LogP contribution in [0.2, 0.25) is 0 Å². The van der Waals surface area contributed by atoms with Crippen LogP contribution in [0.1, 0.15) is 38.3 Å². The second-order valence-corrected chi connectivity index (χ2v) is 7.23. The molecule has 0 fully saturated rings. The fourth-order valence-electron chi connectivity index (χ4n) is 1.77. The zero-order valence-corrected chi connectivity index (χ0v) is 12.1. The highest BCUT2D eigenvalue weighted by Crippen LogP contribution is 2.39. The van der Waals surface area contributed by atoms with Gasteiger partial charge in [0, 0.05) is 6.26 Å². The molecule has 0 radical (unpaired) electrons. The Morgan fingerprint density at radius 2 is 1.63 bits per heavy atom. The third-order valence-corrected chi connectivity index (χ3v) is 4.45. The van der Waals surface area contributed by atoms with Crippen LogP contribution < -0.4 is 0 Å². The van der Waals surface area contributed by atoms with Gasteiger partial charge in [0.05, 0.1) is 10.5 Å². The van der Waals surface area contributed by atoms with Gasteiger partial charge in [-0.2, -0.15) is 13.2 Å². The first-order valence-corrected chi connectivity index (χ1v) is 7.70. The normalized spacial score (nSPS) is 13.6. The van der Waals surface area contributed by atoms with E-state index in [-0.39, 0.29) is 10.5 Å². The molecule has 1 aromatic rings. The molecule has 0 saturated carbocycles. The summed E-state index contributed by atoms with van der Waals surface area (Å²) in [7, 11) is -3.65. The van der Waals surface area contributed by atoms with Crippen LogP contribution in [0, 0.1) is 0 Å². The molecule has 2 nitrogen and oxygen atoms in total. The van der Waals surface area contributed by atoms with Gasteiger partial charge in [0.1, 0.15) is 0 Å².